The van der Waals surface area contributed by atoms with E-state index >= 15 is 0 Å². The lowest BCUT2D eigenvalue weighted by Crippen LogP contribution is -1.96. The first-order valence-electron chi connectivity index (χ1n) is 9.11. The van der Waals surface area contributed by atoms with E-state index in [4.69, 9.17) is 10.2 Å². The van der Waals surface area contributed by atoms with Crippen LogP contribution in [0.4, 0.5) is 35.1 Å². The topological polar surface area (TPSA) is 66.2 Å². The summed E-state index contributed by atoms with van der Waals surface area (Å²) < 4.78 is 97.3. The minimum atomic E-state index is -1.82. The molecule has 4 rings (SSSR count). The van der Waals surface area contributed by atoms with Crippen LogP contribution in [0.3, 0.4) is 0 Å². The normalized spacial score (nSPS) is 10.2. The summed E-state index contributed by atoms with van der Waals surface area (Å²) in [5.74, 6) is -17.2. The van der Waals surface area contributed by atoms with Gasteiger partial charge in [0.2, 0.25) is 23.3 Å². The molecular formula is C22H10Br2F8N2O2. The molecule has 0 spiro atoms. The number of nitrogens with zero attached hydrogens (tertiary/aromatic N) is 2. The van der Waals surface area contributed by atoms with E-state index in [1.807, 2.05) is 24.3 Å². The van der Waals surface area contributed by atoms with Gasteiger partial charge in [-0.3, -0.25) is 9.97 Å². The standard InChI is InChI=1S/C10H8N2.2C6HBrF4O/c1-5-11-6-2-9(1)10-3-7-12-8-4-10;2*7-1-2(8)4(10)6(12)5(11)3(1)9/h1-8H;2*12H. The van der Waals surface area contributed by atoms with Gasteiger partial charge in [0.1, 0.15) is 0 Å². The summed E-state index contributed by atoms with van der Waals surface area (Å²) in [5, 5.41) is 16.9. The highest BCUT2D eigenvalue weighted by Crippen LogP contribution is 2.32. The molecule has 190 valence electrons. The molecule has 0 fully saturated rings. The average Bonchev–Trinajstić information content (AvgIpc) is 2.92. The molecule has 4 aromatic rings. The third kappa shape index (κ3) is 6.49. The number of hydrogen-bond donors (Lipinski definition) is 2. The first-order chi connectivity index (χ1) is 16.9. The molecule has 2 heterocycles. The molecule has 0 saturated carbocycles. The van der Waals surface area contributed by atoms with Crippen LogP contribution in [-0.4, -0.2) is 20.2 Å². The molecular weight excluding hydrogens is 636 g/mol. The maximum absolute atomic E-state index is 12.4. The van der Waals surface area contributed by atoms with Gasteiger partial charge in [-0.15, -0.1) is 0 Å². The minimum Gasteiger partial charge on any atom is -0.503 e. The first-order valence-corrected chi connectivity index (χ1v) is 10.7. The van der Waals surface area contributed by atoms with Crippen LogP contribution < -0.4 is 0 Å². The summed E-state index contributed by atoms with van der Waals surface area (Å²) in [6.07, 6.45) is 7.15. The third-order valence-electron chi connectivity index (χ3n) is 4.07. The average molecular weight is 646 g/mol. The van der Waals surface area contributed by atoms with E-state index in [1.54, 1.807) is 24.8 Å². The number of aromatic hydroxyl groups is 2. The van der Waals surface area contributed by atoms with Crippen molar-refractivity contribution >= 4 is 31.9 Å². The fourth-order valence-electron chi connectivity index (χ4n) is 2.28. The largest absolute Gasteiger partial charge is 0.503 e. The molecule has 2 aromatic carbocycles. The van der Waals surface area contributed by atoms with Crippen LogP contribution in [0.1, 0.15) is 0 Å². The second kappa shape index (κ2) is 12.6. The minimum absolute atomic E-state index is 0.977. The number of halogens is 10. The van der Waals surface area contributed by atoms with Crippen molar-refractivity contribution in [3.05, 3.63) is 105 Å². The maximum atomic E-state index is 12.4. The van der Waals surface area contributed by atoms with Gasteiger partial charge in [-0.05, 0) is 67.3 Å². The Kier molecular flexibility index (Phi) is 10.2. The Morgan fingerprint density at radius 3 is 0.889 bits per heavy atom. The van der Waals surface area contributed by atoms with Gasteiger partial charge in [-0.25, -0.2) is 17.6 Å². The molecule has 0 aliphatic rings. The molecule has 0 radical (unpaired) electrons. The van der Waals surface area contributed by atoms with Gasteiger partial charge in [0.15, 0.2) is 34.8 Å². The summed E-state index contributed by atoms with van der Waals surface area (Å²) in [5.41, 5.74) is 2.35. The predicted octanol–water partition coefficient (Wildman–Crippen LogP) is 7.57. The fraction of sp³-hybridized carbons (Fsp3) is 0. The van der Waals surface area contributed by atoms with Gasteiger partial charge in [0.25, 0.3) is 0 Å². The highest BCUT2D eigenvalue weighted by atomic mass is 79.9. The van der Waals surface area contributed by atoms with Crippen molar-refractivity contribution in [2.45, 2.75) is 0 Å². The number of pyridine rings is 2. The molecule has 14 heteroatoms. The summed E-state index contributed by atoms with van der Waals surface area (Å²) in [7, 11) is 0. The second-order valence-electron chi connectivity index (χ2n) is 6.31. The summed E-state index contributed by atoms with van der Waals surface area (Å²) in [6.45, 7) is 0. The lowest BCUT2D eigenvalue weighted by molar-refractivity contribution is 0.353. The summed E-state index contributed by atoms with van der Waals surface area (Å²) in [6, 6.07) is 7.93. The van der Waals surface area contributed by atoms with Crippen LogP contribution in [0.15, 0.2) is 58.0 Å². The highest BCUT2D eigenvalue weighted by Gasteiger charge is 2.24. The number of aromatic nitrogens is 2. The second-order valence-corrected chi connectivity index (χ2v) is 7.89. The Labute approximate surface area is 214 Å². The zero-order valence-electron chi connectivity index (χ0n) is 17.2. The lowest BCUT2D eigenvalue weighted by Gasteiger charge is -2.02. The van der Waals surface area contributed by atoms with Crippen LogP contribution in [0, 0.1) is 46.5 Å². The molecule has 0 amide bonds. The van der Waals surface area contributed by atoms with Crippen molar-refractivity contribution in [3.8, 4) is 22.6 Å². The summed E-state index contributed by atoms with van der Waals surface area (Å²) in [4.78, 5) is 7.91. The lowest BCUT2D eigenvalue weighted by atomic mass is 10.1. The molecule has 0 unspecified atom stereocenters. The quantitative estimate of drug-likeness (QED) is 0.127. The highest BCUT2D eigenvalue weighted by molar-refractivity contribution is 9.10. The number of hydrogen-bond acceptors (Lipinski definition) is 4. The molecule has 0 atom stereocenters. The van der Waals surface area contributed by atoms with Crippen LogP contribution in [0.25, 0.3) is 11.1 Å². The van der Waals surface area contributed by atoms with Crippen molar-refractivity contribution in [2.75, 3.05) is 0 Å². The van der Waals surface area contributed by atoms with E-state index in [-0.39, 0.29) is 0 Å². The van der Waals surface area contributed by atoms with Gasteiger partial charge in [0.05, 0.1) is 8.95 Å². The number of phenolic OH excluding ortho intramolecular Hbond substituents is 2. The molecule has 0 saturated heterocycles. The van der Waals surface area contributed by atoms with Gasteiger partial charge in [-0.1, -0.05) is 0 Å². The number of phenols is 2. The van der Waals surface area contributed by atoms with Gasteiger partial charge in [0, 0.05) is 24.8 Å². The molecule has 2 N–H and O–H groups in total. The maximum Gasteiger partial charge on any atom is 0.204 e. The Morgan fingerprint density at radius 2 is 0.667 bits per heavy atom. The van der Waals surface area contributed by atoms with Gasteiger partial charge >= 0.3 is 0 Å². The van der Waals surface area contributed by atoms with E-state index in [9.17, 15) is 35.1 Å². The van der Waals surface area contributed by atoms with E-state index in [1.165, 1.54) is 11.1 Å². The van der Waals surface area contributed by atoms with Crippen molar-refractivity contribution in [1.82, 2.24) is 9.97 Å². The van der Waals surface area contributed by atoms with E-state index in [0.717, 1.165) is 0 Å². The molecule has 0 aliphatic heterocycles. The first kappa shape index (κ1) is 29.0. The monoisotopic (exact) mass is 644 g/mol. The zero-order valence-corrected chi connectivity index (χ0v) is 20.4. The molecule has 4 nitrogen and oxygen atoms in total. The number of rotatable bonds is 1. The van der Waals surface area contributed by atoms with Crippen LogP contribution in [0.2, 0.25) is 0 Å². The Bertz CT molecular complexity index is 1050. The SMILES string of the molecule is Oc1c(F)c(F)c(Br)c(F)c1F.Oc1c(F)c(F)c(Br)c(F)c1F.c1cc(-c2ccncc2)ccn1. The fourth-order valence-corrected chi connectivity index (χ4v) is 2.97. The molecule has 0 bridgehead atoms. The zero-order chi connectivity index (χ0) is 27.2. The van der Waals surface area contributed by atoms with Crippen molar-refractivity contribution < 1.29 is 45.3 Å². The molecule has 0 aliphatic carbocycles. The number of benzene rings is 2. The van der Waals surface area contributed by atoms with Crippen molar-refractivity contribution in [1.29, 1.82) is 0 Å². The Balaban J connectivity index is 0.000000190. The summed E-state index contributed by atoms with van der Waals surface area (Å²) >= 11 is 4.55. The Hall–Kier alpha value is -3.26. The third-order valence-corrected chi connectivity index (χ3v) is 5.46. The van der Waals surface area contributed by atoms with Crippen molar-refractivity contribution in [3.63, 3.8) is 0 Å². The molecule has 2 aromatic heterocycles. The van der Waals surface area contributed by atoms with Gasteiger partial charge < -0.3 is 10.2 Å². The van der Waals surface area contributed by atoms with Crippen molar-refractivity contribution in [2.24, 2.45) is 0 Å². The van der Waals surface area contributed by atoms with E-state index in [0.29, 0.717) is 0 Å². The smallest absolute Gasteiger partial charge is 0.204 e. The van der Waals surface area contributed by atoms with Crippen LogP contribution in [-0.2, 0) is 0 Å². The Morgan fingerprint density at radius 1 is 0.444 bits per heavy atom. The van der Waals surface area contributed by atoms with Crippen LogP contribution in [0.5, 0.6) is 11.5 Å². The van der Waals surface area contributed by atoms with E-state index < -0.39 is 67.0 Å². The molecule has 36 heavy (non-hydrogen) atoms. The predicted molar refractivity (Wildman–Crippen MR) is 119 cm³/mol. The van der Waals surface area contributed by atoms with E-state index in [2.05, 4.69) is 41.8 Å². The van der Waals surface area contributed by atoms with Gasteiger partial charge in [-0.2, -0.15) is 17.6 Å². The van der Waals surface area contributed by atoms with Crippen LogP contribution >= 0.6 is 31.9 Å².